The van der Waals surface area contributed by atoms with Gasteiger partial charge in [-0.3, -0.25) is 19.9 Å². The molecule has 0 atom stereocenters. The number of nitrogens with one attached hydrogen (secondary N) is 2. The number of aromatic nitrogens is 5. The summed E-state index contributed by atoms with van der Waals surface area (Å²) in [5, 5.41) is 7.07. The van der Waals surface area contributed by atoms with Crippen LogP contribution in [-0.4, -0.2) is 25.1 Å². The molecular weight excluding hydrogens is 359 g/mol. The first-order chi connectivity index (χ1) is 13.6. The van der Waals surface area contributed by atoms with Crippen molar-refractivity contribution >= 4 is 27.6 Å². The van der Waals surface area contributed by atoms with Crippen molar-refractivity contribution in [1.29, 1.82) is 0 Å². The van der Waals surface area contributed by atoms with E-state index in [1.165, 1.54) is 12.3 Å². The number of pyridine rings is 3. The van der Waals surface area contributed by atoms with E-state index in [0.717, 1.165) is 11.3 Å². The Kier molecular flexibility index (Phi) is 3.45. The lowest BCUT2D eigenvalue weighted by molar-refractivity contribution is 0.636. The number of nitrogens with two attached hydrogens (primary N) is 1. The summed E-state index contributed by atoms with van der Waals surface area (Å²) in [6, 6.07) is 10.2. The number of benzene rings is 1. The number of nitrogens with zero attached hydrogens (tertiary/aromatic N) is 3. The molecule has 0 saturated heterocycles. The monoisotopic (exact) mass is 372 g/mol. The van der Waals surface area contributed by atoms with E-state index in [1.807, 2.05) is 18.2 Å². The number of halogens is 1. The van der Waals surface area contributed by atoms with Gasteiger partial charge >= 0.3 is 0 Å². The molecule has 4 aromatic heterocycles. The molecule has 0 fully saturated rings. The second kappa shape index (κ2) is 5.98. The Morgan fingerprint density at radius 1 is 1.07 bits per heavy atom. The van der Waals surface area contributed by atoms with Crippen LogP contribution in [0.25, 0.3) is 44.3 Å². The molecule has 0 radical (unpaired) electrons. The minimum atomic E-state index is -0.441. The SMILES string of the molecule is Nc1c(-c2ccc(F)c3[nH]ncc23)c2ncc(-c3ccccn3)cc2[nH]c1=O. The van der Waals surface area contributed by atoms with E-state index in [0.29, 0.717) is 27.5 Å². The molecule has 5 rings (SSSR count). The third-order valence-electron chi connectivity index (χ3n) is 4.68. The highest BCUT2D eigenvalue weighted by Crippen LogP contribution is 2.35. The summed E-state index contributed by atoms with van der Waals surface area (Å²) in [5.41, 5.74) is 9.45. The van der Waals surface area contributed by atoms with E-state index < -0.39 is 11.4 Å². The van der Waals surface area contributed by atoms with Crippen LogP contribution in [0.5, 0.6) is 0 Å². The maximum Gasteiger partial charge on any atom is 0.272 e. The topological polar surface area (TPSA) is 113 Å². The molecule has 0 aliphatic carbocycles. The van der Waals surface area contributed by atoms with Gasteiger partial charge in [0.25, 0.3) is 5.56 Å². The fourth-order valence-corrected chi connectivity index (χ4v) is 3.36. The summed E-state index contributed by atoms with van der Waals surface area (Å²) in [6.07, 6.45) is 4.86. The first-order valence-electron chi connectivity index (χ1n) is 8.48. The van der Waals surface area contributed by atoms with E-state index in [2.05, 4.69) is 25.1 Å². The first-order valence-corrected chi connectivity index (χ1v) is 8.48. The molecule has 5 aromatic rings. The lowest BCUT2D eigenvalue weighted by atomic mass is 9.98. The fraction of sp³-hybridized carbons (Fsp3) is 0. The van der Waals surface area contributed by atoms with E-state index in [1.54, 1.807) is 24.5 Å². The molecule has 8 heteroatoms. The quantitative estimate of drug-likeness (QED) is 0.440. The molecule has 0 spiro atoms. The number of rotatable bonds is 2. The standard InChI is InChI=1S/C20H13FN6O/c21-13-5-4-11(12-9-25-27-18(12)13)16-17(22)20(28)26-15-7-10(8-24-19(15)16)14-3-1-2-6-23-14/h1-9H,22H2,(H,25,27)(H,26,28). The summed E-state index contributed by atoms with van der Waals surface area (Å²) in [7, 11) is 0. The predicted molar refractivity (Wildman–Crippen MR) is 105 cm³/mol. The average molecular weight is 372 g/mol. The highest BCUT2D eigenvalue weighted by atomic mass is 19.1. The lowest BCUT2D eigenvalue weighted by Gasteiger charge is -2.11. The van der Waals surface area contributed by atoms with Crippen LogP contribution in [0.3, 0.4) is 0 Å². The van der Waals surface area contributed by atoms with Crippen LogP contribution in [0.4, 0.5) is 10.1 Å². The molecule has 0 saturated carbocycles. The Morgan fingerprint density at radius 2 is 1.96 bits per heavy atom. The van der Waals surface area contributed by atoms with Gasteiger partial charge in [-0.2, -0.15) is 5.10 Å². The van der Waals surface area contributed by atoms with Crippen LogP contribution >= 0.6 is 0 Å². The molecule has 0 unspecified atom stereocenters. The maximum absolute atomic E-state index is 14.1. The molecule has 28 heavy (non-hydrogen) atoms. The third-order valence-corrected chi connectivity index (χ3v) is 4.68. The van der Waals surface area contributed by atoms with Crippen molar-refractivity contribution in [2.24, 2.45) is 0 Å². The molecule has 0 aliphatic rings. The molecule has 7 nitrogen and oxygen atoms in total. The lowest BCUT2D eigenvalue weighted by Crippen LogP contribution is -2.14. The van der Waals surface area contributed by atoms with Crippen LogP contribution in [0.15, 0.2) is 59.8 Å². The summed E-state index contributed by atoms with van der Waals surface area (Å²) in [4.78, 5) is 24.1. The Balaban J connectivity index is 1.84. The van der Waals surface area contributed by atoms with Gasteiger partial charge in [0.15, 0.2) is 0 Å². The van der Waals surface area contributed by atoms with E-state index >= 15 is 0 Å². The molecule has 136 valence electrons. The van der Waals surface area contributed by atoms with Gasteiger partial charge < -0.3 is 10.7 Å². The third kappa shape index (κ3) is 2.35. The van der Waals surface area contributed by atoms with Crippen molar-refractivity contribution in [3.05, 3.63) is 71.2 Å². The van der Waals surface area contributed by atoms with Gasteiger partial charge in [-0.25, -0.2) is 4.39 Å². The fourth-order valence-electron chi connectivity index (χ4n) is 3.36. The maximum atomic E-state index is 14.1. The molecule has 0 bridgehead atoms. The van der Waals surface area contributed by atoms with Gasteiger partial charge in [0.1, 0.15) is 17.0 Å². The largest absolute Gasteiger partial charge is 0.394 e. The number of fused-ring (bicyclic) bond motifs is 2. The van der Waals surface area contributed by atoms with Gasteiger partial charge in [-0.05, 0) is 29.8 Å². The van der Waals surface area contributed by atoms with Gasteiger partial charge in [-0.15, -0.1) is 0 Å². The van der Waals surface area contributed by atoms with Crippen LogP contribution in [-0.2, 0) is 0 Å². The Bertz CT molecular complexity index is 1410. The Hall–Kier alpha value is -4.07. The number of anilines is 1. The highest BCUT2D eigenvalue weighted by molar-refractivity contribution is 6.06. The minimum absolute atomic E-state index is 0.0136. The van der Waals surface area contributed by atoms with Crippen molar-refractivity contribution in [2.45, 2.75) is 0 Å². The first kappa shape index (κ1) is 16.1. The van der Waals surface area contributed by atoms with Crippen molar-refractivity contribution < 1.29 is 4.39 Å². The zero-order valence-corrected chi connectivity index (χ0v) is 14.4. The second-order valence-electron chi connectivity index (χ2n) is 6.33. The minimum Gasteiger partial charge on any atom is -0.394 e. The average Bonchev–Trinajstić information content (AvgIpc) is 3.21. The molecule has 4 N–H and O–H groups in total. The van der Waals surface area contributed by atoms with Gasteiger partial charge in [0.2, 0.25) is 0 Å². The molecular formula is C20H13FN6O. The number of nitrogen functional groups attached to an aromatic ring is 1. The highest BCUT2D eigenvalue weighted by Gasteiger charge is 2.18. The zero-order chi connectivity index (χ0) is 19.3. The van der Waals surface area contributed by atoms with E-state index in [4.69, 9.17) is 5.73 Å². The number of hydrogen-bond donors (Lipinski definition) is 3. The van der Waals surface area contributed by atoms with Gasteiger partial charge in [0, 0.05) is 28.9 Å². The van der Waals surface area contributed by atoms with Crippen molar-refractivity contribution in [3.63, 3.8) is 0 Å². The molecule has 1 aromatic carbocycles. The van der Waals surface area contributed by atoms with Crippen molar-refractivity contribution in [2.75, 3.05) is 5.73 Å². The Labute approximate surface area is 157 Å². The number of H-pyrrole nitrogens is 2. The van der Waals surface area contributed by atoms with Gasteiger partial charge in [0.05, 0.1) is 22.9 Å². The van der Waals surface area contributed by atoms with Crippen LogP contribution in [0.2, 0.25) is 0 Å². The normalized spacial score (nSPS) is 11.3. The second-order valence-corrected chi connectivity index (χ2v) is 6.33. The summed E-state index contributed by atoms with van der Waals surface area (Å²) in [6.45, 7) is 0. The van der Waals surface area contributed by atoms with E-state index in [9.17, 15) is 9.18 Å². The Morgan fingerprint density at radius 3 is 2.79 bits per heavy atom. The number of hydrogen-bond acceptors (Lipinski definition) is 5. The summed E-state index contributed by atoms with van der Waals surface area (Å²) in [5.74, 6) is -0.436. The summed E-state index contributed by atoms with van der Waals surface area (Å²) < 4.78 is 14.1. The predicted octanol–water partition coefficient (Wildman–Crippen LogP) is 3.25. The number of aromatic amines is 2. The van der Waals surface area contributed by atoms with Crippen LogP contribution in [0, 0.1) is 5.82 Å². The summed E-state index contributed by atoms with van der Waals surface area (Å²) >= 11 is 0. The van der Waals surface area contributed by atoms with Crippen LogP contribution in [0.1, 0.15) is 0 Å². The molecule has 0 amide bonds. The van der Waals surface area contributed by atoms with E-state index in [-0.39, 0.29) is 11.2 Å². The molecule has 4 heterocycles. The van der Waals surface area contributed by atoms with Gasteiger partial charge in [-0.1, -0.05) is 12.1 Å². The van der Waals surface area contributed by atoms with Crippen molar-refractivity contribution in [1.82, 2.24) is 25.1 Å². The molecule has 0 aliphatic heterocycles. The van der Waals surface area contributed by atoms with Crippen molar-refractivity contribution in [3.8, 4) is 22.4 Å². The zero-order valence-electron chi connectivity index (χ0n) is 14.4. The van der Waals surface area contributed by atoms with Crippen LogP contribution < -0.4 is 11.3 Å². The smallest absolute Gasteiger partial charge is 0.272 e.